The van der Waals surface area contributed by atoms with Gasteiger partial charge in [-0.1, -0.05) is 25.5 Å². The third kappa shape index (κ3) is 2.62. The van der Waals surface area contributed by atoms with Crippen LogP contribution in [-0.2, 0) is 4.74 Å². The van der Waals surface area contributed by atoms with Crippen LogP contribution >= 0.6 is 0 Å². The minimum absolute atomic E-state index is 0.157. The Labute approximate surface area is 85.0 Å². The molecule has 1 rings (SSSR count). The quantitative estimate of drug-likeness (QED) is 0.693. The molecule has 0 aromatic carbocycles. The fraction of sp³-hybridized carbons (Fsp3) is 0.545. The van der Waals surface area contributed by atoms with Crippen LogP contribution in [0, 0.1) is 0 Å². The highest BCUT2D eigenvalue weighted by Gasteiger charge is 2.20. The van der Waals surface area contributed by atoms with E-state index in [4.69, 9.17) is 4.74 Å². The molecule has 0 aromatic heterocycles. The average molecular weight is 195 g/mol. The van der Waals surface area contributed by atoms with Crippen molar-refractivity contribution in [3.8, 4) is 0 Å². The van der Waals surface area contributed by atoms with Crippen LogP contribution in [0.2, 0.25) is 0 Å². The number of ether oxygens (including phenoxy) is 1. The molecule has 3 nitrogen and oxygen atoms in total. The molecule has 0 aliphatic carbocycles. The molecule has 1 atom stereocenters. The van der Waals surface area contributed by atoms with Crippen LogP contribution < -0.4 is 0 Å². The number of rotatable bonds is 3. The molecule has 0 spiro atoms. The topological polar surface area (TPSA) is 29.5 Å². The largest absolute Gasteiger partial charge is 0.449 e. The Morgan fingerprint density at radius 1 is 1.43 bits per heavy atom. The van der Waals surface area contributed by atoms with E-state index in [1.807, 2.05) is 25.2 Å². The lowest BCUT2D eigenvalue weighted by molar-refractivity contribution is 0.113. The molecule has 14 heavy (non-hydrogen) atoms. The van der Waals surface area contributed by atoms with Crippen LogP contribution in [-0.4, -0.2) is 23.6 Å². The average Bonchev–Trinajstić information content (AvgIpc) is 2.19. The van der Waals surface area contributed by atoms with Crippen molar-refractivity contribution in [3.05, 3.63) is 24.4 Å². The fourth-order valence-electron chi connectivity index (χ4n) is 1.46. The van der Waals surface area contributed by atoms with E-state index in [1.54, 1.807) is 11.1 Å². The smallest absolute Gasteiger partial charge is 0.414 e. The zero-order valence-electron chi connectivity index (χ0n) is 8.77. The molecule has 78 valence electrons. The summed E-state index contributed by atoms with van der Waals surface area (Å²) in [6, 6.07) is 0.157. The van der Waals surface area contributed by atoms with Gasteiger partial charge < -0.3 is 4.74 Å². The molecule has 1 unspecified atom stereocenters. The van der Waals surface area contributed by atoms with Gasteiger partial charge in [-0.2, -0.15) is 0 Å². The first-order chi connectivity index (χ1) is 6.79. The number of allylic oxidation sites excluding steroid dienone is 2. The van der Waals surface area contributed by atoms with Crippen LogP contribution in [0.1, 0.15) is 26.7 Å². The van der Waals surface area contributed by atoms with E-state index in [1.165, 1.54) is 0 Å². The Bertz CT molecular complexity index is 246. The Morgan fingerprint density at radius 3 is 2.86 bits per heavy atom. The molecule has 0 saturated carbocycles. The zero-order chi connectivity index (χ0) is 10.4. The Morgan fingerprint density at radius 2 is 2.21 bits per heavy atom. The van der Waals surface area contributed by atoms with Crippen LogP contribution in [0.4, 0.5) is 4.79 Å². The monoisotopic (exact) mass is 195 g/mol. The third-order valence-electron chi connectivity index (χ3n) is 2.11. The molecule has 0 bridgehead atoms. The number of carbonyl (C=O) groups is 1. The third-order valence-corrected chi connectivity index (χ3v) is 2.11. The lowest BCUT2D eigenvalue weighted by atomic mass is 10.1. The molecular formula is C11H17NO2. The SMILES string of the molecule is CCCC1C=CC=CN1C(=O)OCC. The van der Waals surface area contributed by atoms with Crippen molar-refractivity contribution in [2.45, 2.75) is 32.7 Å². The van der Waals surface area contributed by atoms with E-state index in [2.05, 4.69) is 6.92 Å². The number of amides is 1. The standard InChI is InChI=1S/C11H17NO2/c1-3-7-10-8-5-6-9-12(10)11(13)14-4-2/h5-6,8-10H,3-4,7H2,1-2H3. The molecular weight excluding hydrogens is 178 g/mol. The second-order valence-corrected chi connectivity index (χ2v) is 3.19. The first-order valence-corrected chi connectivity index (χ1v) is 5.09. The molecule has 3 heteroatoms. The molecule has 0 N–H and O–H groups in total. The van der Waals surface area contributed by atoms with E-state index >= 15 is 0 Å². The molecule has 1 aliphatic heterocycles. The number of carbonyl (C=O) groups excluding carboxylic acids is 1. The van der Waals surface area contributed by atoms with Crippen molar-refractivity contribution in [3.63, 3.8) is 0 Å². The molecule has 1 amide bonds. The molecule has 0 radical (unpaired) electrons. The Hall–Kier alpha value is -1.25. The van der Waals surface area contributed by atoms with Gasteiger partial charge in [-0.05, 0) is 19.4 Å². The van der Waals surface area contributed by atoms with Gasteiger partial charge in [0.1, 0.15) is 0 Å². The van der Waals surface area contributed by atoms with E-state index in [0.717, 1.165) is 12.8 Å². The van der Waals surface area contributed by atoms with Crippen molar-refractivity contribution < 1.29 is 9.53 Å². The van der Waals surface area contributed by atoms with Crippen LogP contribution in [0.15, 0.2) is 24.4 Å². The van der Waals surface area contributed by atoms with Gasteiger partial charge >= 0.3 is 6.09 Å². The highest BCUT2D eigenvalue weighted by Crippen LogP contribution is 2.14. The van der Waals surface area contributed by atoms with Crippen molar-refractivity contribution in [1.29, 1.82) is 0 Å². The van der Waals surface area contributed by atoms with Crippen LogP contribution in [0.3, 0.4) is 0 Å². The molecule has 1 heterocycles. The van der Waals surface area contributed by atoms with Gasteiger partial charge in [-0.25, -0.2) is 4.79 Å². The Kier molecular flexibility index (Phi) is 4.23. The molecule has 1 aliphatic rings. The van der Waals surface area contributed by atoms with Gasteiger partial charge in [-0.3, -0.25) is 4.90 Å². The fourth-order valence-corrected chi connectivity index (χ4v) is 1.46. The summed E-state index contributed by atoms with van der Waals surface area (Å²) in [5.41, 5.74) is 0. The number of hydrogen-bond acceptors (Lipinski definition) is 2. The Balaban J connectivity index is 2.60. The molecule has 0 aromatic rings. The normalized spacial score (nSPS) is 19.9. The van der Waals surface area contributed by atoms with Crippen molar-refractivity contribution in [2.24, 2.45) is 0 Å². The van der Waals surface area contributed by atoms with Crippen LogP contribution in [0.25, 0.3) is 0 Å². The van der Waals surface area contributed by atoms with E-state index in [9.17, 15) is 4.79 Å². The summed E-state index contributed by atoms with van der Waals surface area (Å²) in [4.78, 5) is 13.1. The van der Waals surface area contributed by atoms with Gasteiger partial charge in [0.2, 0.25) is 0 Å². The maximum absolute atomic E-state index is 11.5. The second kappa shape index (κ2) is 5.47. The maximum Gasteiger partial charge on any atom is 0.414 e. The summed E-state index contributed by atoms with van der Waals surface area (Å²) in [5.74, 6) is 0. The summed E-state index contributed by atoms with van der Waals surface area (Å²) in [6.45, 7) is 4.34. The highest BCUT2D eigenvalue weighted by atomic mass is 16.6. The first kappa shape index (κ1) is 10.8. The summed E-state index contributed by atoms with van der Waals surface area (Å²) in [7, 11) is 0. The predicted octanol–water partition coefficient (Wildman–Crippen LogP) is 2.70. The summed E-state index contributed by atoms with van der Waals surface area (Å²) in [5, 5.41) is 0. The highest BCUT2D eigenvalue weighted by molar-refractivity contribution is 5.70. The van der Waals surface area contributed by atoms with Gasteiger partial charge in [0.05, 0.1) is 12.6 Å². The van der Waals surface area contributed by atoms with Gasteiger partial charge in [-0.15, -0.1) is 0 Å². The van der Waals surface area contributed by atoms with Crippen molar-refractivity contribution in [1.82, 2.24) is 4.90 Å². The first-order valence-electron chi connectivity index (χ1n) is 5.09. The van der Waals surface area contributed by atoms with Crippen molar-refractivity contribution >= 4 is 6.09 Å². The van der Waals surface area contributed by atoms with E-state index in [0.29, 0.717) is 6.61 Å². The summed E-state index contributed by atoms with van der Waals surface area (Å²) in [6.07, 6.45) is 9.39. The number of nitrogens with zero attached hydrogens (tertiary/aromatic N) is 1. The van der Waals surface area contributed by atoms with Crippen molar-refractivity contribution in [2.75, 3.05) is 6.61 Å². The number of hydrogen-bond donors (Lipinski definition) is 0. The van der Waals surface area contributed by atoms with Gasteiger partial charge in [0.15, 0.2) is 0 Å². The predicted molar refractivity (Wildman–Crippen MR) is 55.8 cm³/mol. The van der Waals surface area contributed by atoms with Crippen LogP contribution in [0.5, 0.6) is 0 Å². The molecule has 0 fully saturated rings. The lowest BCUT2D eigenvalue weighted by Crippen LogP contribution is -2.36. The van der Waals surface area contributed by atoms with E-state index in [-0.39, 0.29) is 12.1 Å². The van der Waals surface area contributed by atoms with Gasteiger partial charge in [0.25, 0.3) is 0 Å². The zero-order valence-corrected chi connectivity index (χ0v) is 8.77. The van der Waals surface area contributed by atoms with E-state index < -0.39 is 0 Å². The summed E-state index contributed by atoms with van der Waals surface area (Å²) < 4.78 is 4.96. The van der Waals surface area contributed by atoms with Gasteiger partial charge in [0, 0.05) is 6.20 Å². The minimum atomic E-state index is -0.258. The molecule has 0 saturated heterocycles. The maximum atomic E-state index is 11.5. The second-order valence-electron chi connectivity index (χ2n) is 3.19. The minimum Gasteiger partial charge on any atom is -0.449 e. The summed E-state index contributed by atoms with van der Waals surface area (Å²) >= 11 is 0. The lowest BCUT2D eigenvalue weighted by Gasteiger charge is -2.27.